The smallest absolute Gasteiger partial charge is 0.206 e. The summed E-state index contributed by atoms with van der Waals surface area (Å²) in [6.07, 6.45) is 1.75. The van der Waals surface area contributed by atoms with Crippen molar-refractivity contribution in [1.82, 2.24) is 4.68 Å². The van der Waals surface area contributed by atoms with E-state index in [9.17, 15) is 0 Å². The highest BCUT2D eigenvalue weighted by atomic mass is 79.9. The average molecular weight is 538 g/mol. The van der Waals surface area contributed by atoms with Crippen LogP contribution < -0.4 is 19.0 Å². The van der Waals surface area contributed by atoms with Crippen LogP contribution in [0.3, 0.4) is 0 Å². The predicted molar refractivity (Wildman–Crippen MR) is 140 cm³/mol. The van der Waals surface area contributed by atoms with Gasteiger partial charge in [-0.1, -0.05) is 58.4 Å². The largest absolute Gasteiger partial charge is 0.493 e. The first-order chi connectivity index (χ1) is 16.6. The van der Waals surface area contributed by atoms with Crippen LogP contribution in [0.5, 0.6) is 17.2 Å². The number of benzene rings is 3. The molecule has 0 aliphatic rings. The molecule has 174 valence electrons. The number of hydrogen-bond donors (Lipinski definition) is 0. The van der Waals surface area contributed by atoms with Crippen LogP contribution in [0.1, 0.15) is 11.1 Å². The molecule has 1 heterocycles. The first kappa shape index (κ1) is 23.8. The molecule has 0 saturated heterocycles. The maximum atomic E-state index is 5.61. The third kappa shape index (κ3) is 5.24. The van der Waals surface area contributed by atoms with Crippen LogP contribution in [0.15, 0.2) is 86.7 Å². The second-order valence-corrected chi connectivity index (χ2v) is 8.95. The Kier molecular flexibility index (Phi) is 7.82. The van der Waals surface area contributed by atoms with E-state index in [1.54, 1.807) is 38.9 Å². The van der Waals surface area contributed by atoms with Crippen molar-refractivity contribution < 1.29 is 14.2 Å². The minimum absolute atomic E-state index is 0.519. The van der Waals surface area contributed by atoms with Crippen molar-refractivity contribution in [2.75, 3.05) is 21.3 Å². The lowest BCUT2D eigenvalue weighted by atomic mass is 10.2. The summed E-state index contributed by atoms with van der Waals surface area (Å²) >= 11 is 5.11. The first-order valence-electron chi connectivity index (χ1n) is 10.5. The maximum absolute atomic E-state index is 5.61. The monoisotopic (exact) mass is 537 g/mol. The molecule has 6 nitrogen and oxygen atoms in total. The number of hydrogen-bond acceptors (Lipinski definition) is 6. The van der Waals surface area contributed by atoms with E-state index in [-0.39, 0.29) is 0 Å². The SMILES string of the molecule is COc1ccc(C=Nn2c(-c3cccc(Br)c3)csc2=NCc2ccccc2)c(OC)c1OC. The molecule has 34 heavy (non-hydrogen) atoms. The maximum Gasteiger partial charge on any atom is 0.206 e. The van der Waals surface area contributed by atoms with Gasteiger partial charge in [-0.05, 0) is 29.8 Å². The Bertz CT molecular complexity index is 1360. The highest BCUT2D eigenvalue weighted by molar-refractivity contribution is 9.10. The van der Waals surface area contributed by atoms with Gasteiger partial charge >= 0.3 is 0 Å². The molecule has 0 amide bonds. The fourth-order valence-corrected chi connectivity index (χ4v) is 4.69. The summed E-state index contributed by atoms with van der Waals surface area (Å²) in [4.78, 5) is 5.63. The van der Waals surface area contributed by atoms with Crippen molar-refractivity contribution in [3.8, 4) is 28.5 Å². The molecule has 1 aromatic heterocycles. The lowest BCUT2D eigenvalue weighted by molar-refractivity contribution is 0.324. The van der Waals surface area contributed by atoms with Gasteiger partial charge in [-0.15, -0.1) is 11.3 Å². The number of aromatic nitrogens is 1. The Labute approximate surface area is 210 Å². The number of nitrogens with zero attached hydrogens (tertiary/aromatic N) is 3. The third-order valence-corrected chi connectivity index (χ3v) is 6.44. The van der Waals surface area contributed by atoms with Crippen LogP contribution in [-0.2, 0) is 6.54 Å². The number of rotatable bonds is 8. The van der Waals surface area contributed by atoms with Crippen molar-refractivity contribution in [1.29, 1.82) is 0 Å². The van der Waals surface area contributed by atoms with Gasteiger partial charge in [-0.25, -0.2) is 4.68 Å². The second kappa shape index (κ2) is 11.2. The van der Waals surface area contributed by atoms with Crippen LogP contribution in [0.25, 0.3) is 11.3 Å². The van der Waals surface area contributed by atoms with E-state index in [2.05, 4.69) is 45.6 Å². The topological polar surface area (TPSA) is 57.3 Å². The summed E-state index contributed by atoms with van der Waals surface area (Å²) in [7, 11) is 4.78. The Balaban J connectivity index is 1.81. The van der Waals surface area contributed by atoms with Gasteiger partial charge in [0, 0.05) is 21.0 Å². The minimum Gasteiger partial charge on any atom is -0.493 e. The molecule has 0 atom stereocenters. The second-order valence-electron chi connectivity index (χ2n) is 7.20. The normalized spacial score (nSPS) is 11.7. The molecule has 0 aliphatic carbocycles. The minimum atomic E-state index is 0.519. The number of methoxy groups -OCH3 is 3. The molecule has 4 rings (SSSR count). The molecule has 0 unspecified atom stereocenters. The lowest BCUT2D eigenvalue weighted by Crippen LogP contribution is -2.12. The fraction of sp³-hybridized carbons (Fsp3) is 0.154. The highest BCUT2D eigenvalue weighted by Crippen LogP contribution is 2.39. The van der Waals surface area contributed by atoms with Crippen LogP contribution in [-0.4, -0.2) is 32.2 Å². The summed E-state index contributed by atoms with van der Waals surface area (Å²) in [5.41, 5.74) is 3.86. The summed E-state index contributed by atoms with van der Waals surface area (Å²) in [5.74, 6) is 1.66. The van der Waals surface area contributed by atoms with Crippen LogP contribution in [0, 0.1) is 0 Å². The Morgan fingerprint density at radius 2 is 1.71 bits per heavy atom. The lowest BCUT2D eigenvalue weighted by Gasteiger charge is -2.13. The van der Waals surface area contributed by atoms with Crippen LogP contribution in [0.4, 0.5) is 0 Å². The molecular weight excluding hydrogens is 514 g/mol. The van der Waals surface area contributed by atoms with E-state index in [0.29, 0.717) is 23.8 Å². The Morgan fingerprint density at radius 3 is 2.41 bits per heavy atom. The van der Waals surface area contributed by atoms with E-state index in [1.807, 2.05) is 47.1 Å². The molecule has 8 heteroatoms. The van der Waals surface area contributed by atoms with Crippen molar-refractivity contribution in [3.63, 3.8) is 0 Å². The highest BCUT2D eigenvalue weighted by Gasteiger charge is 2.15. The van der Waals surface area contributed by atoms with E-state index in [1.165, 1.54) is 0 Å². The van der Waals surface area contributed by atoms with Crippen molar-refractivity contribution in [2.45, 2.75) is 6.54 Å². The molecule has 0 N–H and O–H groups in total. The zero-order valence-corrected chi connectivity index (χ0v) is 21.5. The van der Waals surface area contributed by atoms with Gasteiger partial charge in [0.1, 0.15) is 0 Å². The summed E-state index contributed by atoms with van der Waals surface area (Å²) in [6, 6.07) is 22.0. The molecule has 0 bridgehead atoms. The van der Waals surface area contributed by atoms with Gasteiger partial charge in [0.05, 0.1) is 39.8 Å². The average Bonchev–Trinajstić information content (AvgIpc) is 3.28. The molecule has 3 aromatic carbocycles. The Hall–Kier alpha value is -3.36. The van der Waals surface area contributed by atoms with Gasteiger partial charge in [-0.3, -0.25) is 4.99 Å². The molecule has 0 radical (unpaired) electrons. The van der Waals surface area contributed by atoms with Crippen molar-refractivity contribution in [2.24, 2.45) is 10.1 Å². The van der Waals surface area contributed by atoms with E-state index in [0.717, 1.165) is 31.7 Å². The first-order valence-corrected chi connectivity index (χ1v) is 12.2. The van der Waals surface area contributed by atoms with E-state index >= 15 is 0 Å². The predicted octanol–water partition coefficient (Wildman–Crippen LogP) is 5.99. The van der Waals surface area contributed by atoms with Gasteiger partial charge in [-0.2, -0.15) is 5.10 Å². The standard InChI is InChI=1S/C26H24BrN3O3S/c1-31-23-13-12-20(24(32-2)25(23)33-3)16-29-30-22(19-10-7-11-21(27)14-19)17-34-26(30)28-15-18-8-5-4-6-9-18/h4-14,16-17H,15H2,1-3H3. The van der Waals surface area contributed by atoms with Crippen molar-refractivity contribution >= 4 is 33.5 Å². The number of ether oxygens (including phenoxy) is 3. The zero-order chi connectivity index (χ0) is 23.9. The van der Waals surface area contributed by atoms with Crippen molar-refractivity contribution in [3.05, 3.63) is 92.5 Å². The zero-order valence-electron chi connectivity index (χ0n) is 19.1. The molecule has 0 saturated carbocycles. The van der Waals surface area contributed by atoms with Gasteiger partial charge < -0.3 is 14.2 Å². The third-order valence-electron chi connectivity index (χ3n) is 5.09. The van der Waals surface area contributed by atoms with Gasteiger partial charge in [0.2, 0.25) is 10.6 Å². The number of halogens is 1. The summed E-state index contributed by atoms with van der Waals surface area (Å²) < 4.78 is 19.4. The molecule has 0 spiro atoms. The summed E-state index contributed by atoms with van der Waals surface area (Å²) in [5, 5.41) is 6.88. The molecule has 0 fully saturated rings. The quantitative estimate of drug-likeness (QED) is 0.259. The molecular formula is C26H24BrN3O3S. The fourth-order valence-electron chi connectivity index (χ4n) is 3.45. The molecule has 0 aliphatic heterocycles. The van der Waals surface area contributed by atoms with E-state index in [4.69, 9.17) is 24.3 Å². The van der Waals surface area contributed by atoms with Gasteiger partial charge in [0.15, 0.2) is 11.5 Å². The summed E-state index contributed by atoms with van der Waals surface area (Å²) in [6.45, 7) is 0.564. The molecule has 4 aromatic rings. The van der Waals surface area contributed by atoms with E-state index < -0.39 is 0 Å². The Morgan fingerprint density at radius 1 is 0.912 bits per heavy atom. The van der Waals surface area contributed by atoms with Crippen LogP contribution in [0.2, 0.25) is 0 Å². The van der Waals surface area contributed by atoms with Gasteiger partial charge in [0.25, 0.3) is 0 Å². The number of thiazole rings is 1. The van der Waals surface area contributed by atoms with Crippen LogP contribution >= 0.6 is 27.3 Å².